The molecule has 0 atom stereocenters. The van der Waals surface area contributed by atoms with E-state index in [9.17, 15) is 10.1 Å². The highest BCUT2D eigenvalue weighted by molar-refractivity contribution is 6.05. The van der Waals surface area contributed by atoms with Crippen molar-refractivity contribution in [2.24, 2.45) is 0 Å². The summed E-state index contributed by atoms with van der Waals surface area (Å²) in [4.78, 5) is 12.6. The molecule has 3 aromatic rings. The molecule has 128 valence electrons. The van der Waals surface area contributed by atoms with Crippen molar-refractivity contribution in [1.29, 1.82) is 5.26 Å². The minimum atomic E-state index is -0.284. The summed E-state index contributed by atoms with van der Waals surface area (Å²) in [6.07, 6.45) is 0. The van der Waals surface area contributed by atoms with Crippen molar-refractivity contribution in [2.45, 2.75) is 6.92 Å². The molecule has 0 fully saturated rings. The SMILES string of the molecule is CCOc1cccc(C(=O)Nc2cc(-c3ccccc3)ccc2C#N)c1. The number of hydrogen-bond donors (Lipinski definition) is 1. The highest BCUT2D eigenvalue weighted by Crippen LogP contribution is 2.26. The number of benzene rings is 3. The molecule has 0 spiro atoms. The fourth-order valence-corrected chi connectivity index (χ4v) is 2.64. The lowest BCUT2D eigenvalue weighted by Gasteiger charge is -2.11. The molecular formula is C22H18N2O2. The van der Waals surface area contributed by atoms with Crippen LogP contribution in [0.4, 0.5) is 5.69 Å². The Morgan fingerprint density at radius 1 is 1.00 bits per heavy atom. The average molecular weight is 342 g/mol. The van der Waals surface area contributed by atoms with E-state index >= 15 is 0 Å². The predicted molar refractivity (Wildman–Crippen MR) is 102 cm³/mol. The third-order valence-corrected chi connectivity index (χ3v) is 3.90. The molecule has 0 saturated carbocycles. The average Bonchev–Trinajstić information content (AvgIpc) is 2.69. The predicted octanol–water partition coefficient (Wildman–Crippen LogP) is 4.88. The van der Waals surface area contributed by atoms with Crippen LogP contribution in [0, 0.1) is 11.3 Å². The Balaban J connectivity index is 1.90. The number of nitrogens with zero attached hydrogens (tertiary/aromatic N) is 1. The quantitative estimate of drug-likeness (QED) is 0.719. The van der Waals surface area contributed by atoms with Gasteiger partial charge in [0.05, 0.1) is 17.9 Å². The summed E-state index contributed by atoms with van der Waals surface area (Å²) < 4.78 is 5.44. The lowest BCUT2D eigenvalue weighted by atomic mass is 10.0. The summed E-state index contributed by atoms with van der Waals surface area (Å²) in [5, 5.41) is 12.2. The lowest BCUT2D eigenvalue weighted by Crippen LogP contribution is -2.13. The van der Waals surface area contributed by atoms with Gasteiger partial charge < -0.3 is 10.1 Å². The Hall–Kier alpha value is -3.58. The molecule has 0 aliphatic carbocycles. The van der Waals surface area contributed by atoms with Gasteiger partial charge in [-0.3, -0.25) is 4.79 Å². The molecule has 1 N–H and O–H groups in total. The van der Waals surface area contributed by atoms with Crippen LogP contribution < -0.4 is 10.1 Å². The largest absolute Gasteiger partial charge is 0.494 e. The third kappa shape index (κ3) is 3.90. The topological polar surface area (TPSA) is 62.1 Å². The van der Waals surface area contributed by atoms with Crippen LogP contribution in [0.2, 0.25) is 0 Å². The molecule has 0 aliphatic heterocycles. The molecule has 0 bridgehead atoms. The van der Waals surface area contributed by atoms with Gasteiger partial charge in [0, 0.05) is 5.56 Å². The van der Waals surface area contributed by atoms with E-state index in [0.29, 0.717) is 29.2 Å². The fraction of sp³-hybridized carbons (Fsp3) is 0.0909. The Kier molecular flexibility index (Phi) is 5.31. The summed E-state index contributed by atoms with van der Waals surface area (Å²) in [7, 11) is 0. The van der Waals surface area contributed by atoms with Crippen molar-refractivity contribution in [3.05, 3.63) is 83.9 Å². The molecular weight excluding hydrogens is 324 g/mol. The van der Waals surface area contributed by atoms with Crippen LogP contribution in [0.5, 0.6) is 5.75 Å². The number of anilines is 1. The first kappa shape index (κ1) is 17.2. The summed E-state index contributed by atoms with van der Waals surface area (Å²) in [5.74, 6) is 0.354. The molecule has 0 saturated heterocycles. The number of amides is 1. The van der Waals surface area contributed by atoms with E-state index in [1.54, 1.807) is 30.3 Å². The number of rotatable bonds is 5. The third-order valence-electron chi connectivity index (χ3n) is 3.90. The zero-order chi connectivity index (χ0) is 18.4. The maximum atomic E-state index is 12.6. The molecule has 0 radical (unpaired) electrons. The second-order valence-corrected chi connectivity index (χ2v) is 5.65. The molecule has 0 heterocycles. The van der Waals surface area contributed by atoms with Gasteiger partial charge in [-0.25, -0.2) is 0 Å². The van der Waals surface area contributed by atoms with Crippen molar-refractivity contribution < 1.29 is 9.53 Å². The highest BCUT2D eigenvalue weighted by Gasteiger charge is 2.11. The van der Waals surface area contributed by atoms with E-state index in [0.717, 1.165) is 11.1 Å². The first-order chi connectivity index (χ1) is 12.7. The van der Waals surface area contributed by atoms with Gasteiger partial charge in [0.2, 0.25) is 0 Å². The van der Waals surface area contributed by atoms with Crippen molar-refractivity contribution >= 4 is 11.6 Å². The lowest BCUT2D eigenvalue weighted by molar-refractivity contribution is 0.102. The number of carbonyl (C=O) groups is 1. The summed E-state index contributed by atoms with van der Waals surface area (Å²) >= 11 is 0. The first-order valence-electron chi connectivity index (χ1n) is 8.35. The Morgan fingerprint density at radius 3 is 2.54 bits per heavy atom. The van der Waals surface area contributed by atoms with E-state index in [1.165, 1.54) is 0 Å². The van der Waals surface area contributed by atoms with Crippen LogP contribution in [-0.2, 0) is 0 Å². The molecule has 0 aliphatic rings. The van der Waals surface area contributed by atoms with Gasteiger partial charge >= 0.3 is 0 Å². The maximum absolute atomic E-state index is 12.6. The first-order valence-corrected chi connectivity index (χ1v) is 8.35. The van der Waals surface area contributed by atoms with Crippen LogP contribution in [0.15, 0.2) is 72.8 Å². The van der Waals surface area contributed by atoms with Gasteiger partial charge in [0.15, 0.2) is 0 Å². The van der Waals surface area contributed by atoms with Gasteiger partial charge in [0.25, 0.3) is 5.91 Å². The minimum Gasteiger partial charge on any atom is -0.494 e. The number of carbonyl (C=O) groups excluding carboxylic acids is 1. The standard InChI is InChI=1S/C22H18N2O2/c1-2-26-20-10-6-9-18(13-20)22(25)24-21-14-17(11-12-19(21)15-23)16-7-4-3-5-8-16/h3-14H,2H2,1H3,(H,24,25). The Labute approximate surface area is 152 Å². The minimum absolute atomic E-state index is 0.284. The van der Waals surface area contributed by atoms with Gasteiger partial charge in [-0.1, -0.05) is 42.5 Å². The van der Waals surface area contributed by atoms with Crippen molar-refractivity contribution in [1.82, 2.24) is 0 Å². The summed E-state index contributed by atoms with van der Waals surface area (Å²) in [5.41, 5.74) is 3.33. The molecule has 3 aromatic carbocycles. The summed E-state index contributed by atoms with van der Waals surface area (Å²) in [6, 6.07) is 24.3. The molecule has 0 unspecified atom stereocenters. The van der Waals surface area contributed by atoms with Crippen LogP contribution in [0.3, 0.4) is 0 Å². The summed E-state index contributed by atoms with van der Waals surface area (Å²) in [6.45, 7) is 2.42. The number of hydrogen-bond acceptors (Lipinski definition) is 3. The highest BCUT2D eigenvalue weighted by atomic mass is 16.5. The Morgan fingerprint density at radius 2 is 1.81 bits per heavy atom. The van der Waals surface area contributed by atoms with Crippen LogP contribution in [0.25, 0.3) is 11.1 Å². The molecule has 0 aromatic heterocycles. The van der Waals surface area contributed by atoms with E-state index in [-0.39, 0.29) is 5.91 Å². The van der Waals surface area contributed by atoms with E-state index in [2.05, 4.69) is 11.4 Å². The van der Waals surface area contributed by atoms with Gasteiger partial charge in [-0.2, -0.15) is 5.26 Å². The van der Waals surface area contributed by atoms with Gasteiger partial charge in [-0.05, 0) is 48.4 Å². The fourth-order valence-electron chi connectivity index (χ4n) is 2.64. The van der Waals surface area contributed by atoms with Gasteiger partial charge in [0.1, 0.15) is 11.8 Å². The number of nitrogens with one attached hydrogen (secondary N) is 1. The van der Waals surface area contributed by atoms with Crippen molar-refractivity contribution in [2.75, 3.05) is 11.9 Å². The van der Waals surface area contributed by atoms with Crippen molar-refractivity contribution in [3.8, 4) is 22.9 Å². The van der Waals surface area contributed by atoms with Crippen LogP contribution >= 0.6 is 0 Å². The Bertz CT molecular complexity index is 959. The van der Waals surface area contributed by atoms with E-state index < -0.39 is 0 Å². The molecule has 4 heteroatoms. The number of ether oxygens (including phenoxy) is 1. The molecule has 26 heavy (non-hydrogen) atoms. The van der Waals surface area contributed by atoms with E-state index in [1.807, 2.05) is 49.4 Å². The van der Waals surface area contributed by atoms with E-state index in [4.69, 9.17) is 4.74 Å². The van der Waals surface area contributed by atoms with Crippen LogP contribution in [-0.4, -0.2) is 12.5 Å². The number of nitriles is 1. The normalized spacial score (nSPS) is 10.0. The molecule has 4 nitrogen and oxygen atoms in total. The zero-order valence-electron chi connectivity index (χ0n) is 14.4. The maximum Gasteiger partial charge on any atom is 0.255 e. The van der Waals surface area contributed by atoms with Gasteiger partial charge in [-0.15, -0.1) is 0 Å². The second-order valence-electron chi connectivity index (χ2n) is 5.65. The van der Waals surface area contributed by atoms with Crippen molar-refractivity contribution in [3.63, 3.8) is 0 Å². The monoisotopic (exact) mass is 342 g/mol. The zero-order valence-corrected chi connectivity index (χ0v) is 14.4. The smallest absolute Gasteiger partial charge is 0.255 e. The molecule has 3 rings (SSSR count). The molecule has 1 amide bonds. The van der Waals surface area contributed by atoms with Crippen LogP contribution in [0.1, 0.15) is 22.8 Å². The second kappa shape index (κ2) is 8.00.